The maximum absolute atomic E-state index is 14.7. The number of hydrogen-bond donors (Lipinski definition) is 1. The SMILES string of the molecule is O=C(Nc1cnn(C2(c3cnc(N4CCC4)nc3)CC2)c1)c1cncc(-c2c(C(F)F)ccc(Cl)c2F)n1. The molecule has 1 aromatic carbocycles. The number of carbonyl (C=O) groups excluding carboxylic acids is 1. The molecular weight excluding hydrogens is 521 g/mol. The third kappa shape index (κ3) is 4.24. The van der Waals surface area contributed by atoms with Crippen molar-refractivity contribution in [2.75, 3.05) is 23.3 Å². The average Bonchev–Trinajstić information content (AvgIpc) is 3.56. The van der Waals surface area contributed by atoms with Gasteiger partial charge in [0.2, 0.25) is 5.95 Å². The van der Waals surface area contributed by atoms with E-state index in [1.54, 1.807) is 10.9 Å². The normalized spacial score (nSPS) is 15.9. The summed E-state index contributed by atoms with van der Waals surface area (Å²) in [5.74, 6) is -1.01. The Morgan fingerprint density at radius 3 is 2.50 bits per heavy atom. The maximum Gasteiger partial charge on any atom is 0.275 e. The third-order valence-electron chi connectivity index (χ3n) is 6.80. The summed E-state index contributed by atoms with van der Waals surface area (Å²) in [7, 11) is 0. The Morgan fingerprint density at radius 2 is 1.84 bits per heavy atom. The van der Waals surface area contributed by atoms with E-state index in [4.69, 9.17) is 11.6 Å². The van der Waals surface area contributed by atoms with Crippen molar-refractivity contribution in [1.82, 2.24) is 29.7 Å². The van der Waals surface area contributed by atoms with Gasteiger partial charge in [0.1, 0.15) is 5.69 Å². The summed E-state index contributed by atoms with van der Waals surface area (Å²) >= 11 is 5.80. The molecule has 0 unspecified atom stereocenters. The van der Waals surface area contributed by atoms with Gasteiger partial charge in [-0.05, 0) is 25.3 Å². The summed E-state index contributed by atoms with van der Waals surface area (Å²) < 4.78 is 43.5. The largest absolute Gasteiger partial charge is 0.341 e. The number of halogens is 4. The van der Waals surface area contributed by atoms with Gasteiger partial charge in [-0.15, -0.1) is 0 Å². The first-order valence-corrected chi connectivity index (χ1v) is 12.3. The lowest BCUT2D eigenvalue weighted by molar-refractivity contribution is 0.102. The van der Waals surface area contributed by atoms with Crippen LogP contribution < -0.4 is 10.2 Å². The van der Waals surface area contributed by atoms with Crippen LogP contribution in [0.25, 0.3) is 11.3 Å². The monoisotopic (exact) mass is 540 g/mol. The molecule has 0 spiro atoms. The molecular formula is C25H20ClF3N8O. The fourth-order valence-electron chi connectivity index (χ4n) is 4.43. The molecule has 1 saturated heterocycles. The van der Waals surface area contributed by atoms with E-state index in [1.807, 2.05) is 12.4 Å². The van der Waals surface area contributed by atoms with Gasteiger partial charge >= 0.3 is 0 Å². The Labute approximate surface area is 219 Å². The molecule has 4 aromatic rings. The fourth-order valence-corrected chi connectivity index (χ4v) is 4.59. The van der Waals surface area contributed by atoms with E-state index in [1.165, 1.54) is 6.20 Å². The molecule has 194 valence electrons. The van der Waals surface area contributed by atoms with Gasteiger partial charge in [0.15, 0.2) is 5.82 Å². The minimum Gasteiger partial charge on any atom is -0.341 e. The molecule has 2 aliphatic rings. The van der Waals surface area contributed by atoms with E-state index >= 15 is 0 Å². The number of rotatable bonds is 7. The van der Waals surface area contributed by atoms with Crippen molar-refractivity contribution in [2.24, 2.45) is 0 Å². The third-order valence-corrected chi connectivity index (χ3v) is 7.09. The number of hydrogen-bond acceptors (Lipinski definition) is 7. The minimum atomic E-state index is -2.98. The Hall–Kier alpha value is -4.06. The Kier molecular flexibility index (Phi) is 5.98. The first-order chi connectivity index (χ1) is 18.4. The highest BCUT2D eigenvalue weighted by atomic mass is 35.5. The minimum absolute atomic E-state index is 0.189. The summed E-state index contributed by atoms with van der Waals surface area (Å²) in [5.41, 5.74) is -0.578. The second-order valence-electron chi connectivity index (χ2n) is 9.19. The van der Waals surface area contributed by atoms with Crippen molar-refractivity contribution in [3.8, 4) is 11.3 Å². The van der Waals surface area contributed by atoms with Crippen LogP contribution in [0.4, 0.5) is 24.8 Å². The van der Waals surface area contributed by atoms with Crippen molar-refractivity contribution in [2.45, 2.75) is 31.2 Å². The summed E-state index contributed by atoms with van der Waals surface area (Å²) in [6.07, 6.45) is 8.94. The average molecular weight is 541 g/mol. The van der Waals surface area contributed by atoms with Gasteiger partial charge in [0.05, 0.1) is 40.5 Å². The number of aromatic nitrogens is 6. The quantitative estimate of drug-likeness (QED) is 0.357. The molecule has 0 radical (unpaired) electrons. The molecule has 2 fully saturated rings. The topological polar surface area (TPSA) is 102 Å². The molecule has 38 heavy (non-hydrogen) atoms. The van der Waals surface area contributed by atoms with Gasteiger partial charge in [-0.2, -0.15) is 5.10 Å². The highest BCUT2D eigenvalue weighted by Gasteiger charge is 2.48. The fraction of sp³-hybridized carbons (Fsp3) is 0.280. The first kappa shape index (κ1) is 24.3. The number of carbonyl (C=O) groups is 1. The molecule has 0 bridgehead atoms. The number of nitrogens with one attached hydrogen (secondary N) is 1. The van der Waals surface area contributed by atoms with E-state index in [9.17, 15) is 18.0 Å². The van der Waals surface area contributed by atoms with Crippen molar-refractivity contribution in [3.63, 3.8) is 0 Å². The second kappa shape index (κ2) is 9.35. The van der Waals surface area contributed by atoms with Gasteiger partial charge in [0.25, 0.3) is 12.3 Å². The first-order valence-electron chi connectivity index (χ1n) is 11.9. The van der Waals surface area contributed by atoms with Crippen LogP contribution in [0.3, 0.4) is 0 Å². The molecule has 0 atom stereocenters. The molecule has 3 aromatic heterocycles. The Morgan fingerprint density at radius 1 is 1.08 bits per heavy atom. The standard InChI is InChI=1S/C25H20ClF3N8O/c26-17-3-2-16(22(28)29)20(21(17)27)18-11-30-12-19(35-18)23(38)34-15-10-33-37(13-15)25(4-5-25)14-8-31-24(32-9-14)36-6-1-7-36/h2-3,8-13,22H,1,4-7H2,(H,34,38). The van der Waals surface area contributed by atoms with Crippen molar-refractivity contribution < 1.29 is 18.0 Å². The Balaban J connectivity index is 1.21. The van der Waals surface area contributed by atoms with Crippen LogP contribution in [-0.2, 0) is 5.54 Å². The predicted molar refractivity (Wildman–Crippen MR) is 133 cm³/mol. The van der Waals surface area contributed by atoms with E-state index in [2.05, 4.69) is 35.3 Å². The number of alkyl halides is 2. The molecule has 6 rings (SSSR count). The zero-order chi connectivity index (χ0) is 26.4. The van der Waals surface area contributed by atoms with Crippen LogP contribution in [0, 0.1) is 5.82 Å². The van der Waals surface area contributed by atoms with Gasteiger partial charge in [-0.1, -0.05) is 17.7 Å². The number of amides is 1. The number of anilines is 2. The van der Waals surface area contributed by atoms with Gasteiger partial charge in [-0.3, -0.25) is 14.5 Å². The molecule has 13 heteroatoms. The molecule has 4 heterocycles. The van der Waals surface area contributed by atoms with Crippen LogP contribution in [0.15, 0.2) is 49.3 Å². The zero-order valence-corrected chi connectivity index (χ0v) is 20.5. The van der Waals surface area contributed by atoms with Gasteiger partial charge in [0, 0.05) is 48.4 Å². The van der Waals surface area contributed by atoms with Crippen LogP contribution in [-0.4, -0.2) is 48.7 Å². The second-order valence-corrected chi connectivity index (χ2v) is 9.59. The smallest absolute Gasteiger partial charge is 0.275 e. The zero-order valence-electron chi connectivity index (χ0n) is 19.8. The molecule has 1 aliphatic heterocycles. The number of nitrogens with zero attached hydrogens (tertiary/aromatic N) is 7. The summed E-state index contributed by atoms with van der Waals surface area (Å²) in [4.78, 5) is 32.0. The molecule has 1 saturated carbocycles. The lowest BCUT2D eigenvalue weighted by Crippen LogP contribution is -2.38. The van der Waals surface area contributed by atoms with Crippen molar-refractivity contribution >= 4 is 29.1 Å². The van der Waals surface area contributed by atoms with Crippen LogP contribution in [0.1, 0.15) is 47.3 Å². The van der Waals surface area contributed by atoms with Crippen LogP contribution in [0.2, 0.25) is 5.02 Å². The molecule has 1 amide bonds. The summed E-state index contributed by atoms with van der Waals surface area (Å²) in [6.45, 7) is 1.92. The van der Waals surface area contributed by atoms with Crippen molar-refractivity contribution in [1.29, 1.82) is 0 Å². The van der Waals surface area contributed by atoms with Crippen molar-refractivity contribution in [3.05, 3.63) is 77.0 Å². The highest BCUT2D eigenvalue weighted by molar-refractivity contribution is 6.31. The lowest BCUT2D eigenvalue weighted by atomic mass is 10.0. The summed E-state index contributed by atoms with van der Waals surface area (Å²) in [5, 5.41) is 6.76. The van der Waals surface area contributed by atoms with Gasteiger partial charge in [-0.25, -0.2) is 28.1 Å². The lowest BCUT2D eigenvalue weighted by Gasteiger charge is -2.30. The maximum atomic E-state index is 14.7. The van der Waals surface area contributed by atoms with E-state index in [-0.39, 0.29) is 21.9 Å². The molecule has 9 nitrogen and oxygen atoms in total. The Bertz CT molecular complexity index is 1520. The van der Waals surface area contributed by atoms with E-state index in [0.29, 0.717) is 11.6 Å². The van der Waals surface area contributed by atoms with Crippen LogP contribution >= 0.6 is 11.6 Å². The molecule has 1 aliphatic carbocycles. The number of benzene rings is 1. The van der Waals surface area contributed by atoms with Crippen LogP contribution in [0.5, 0.6) is 0 Å². The van der Waals surface area contributed by atoms with Gasteiger partial charge < -0.3 is 10.2 Å². The van der Waals surface area contributed by atoms with E-state index < -0.39 is 29.3 Å². The highest BCUT2D eigenvalue weighted by Crippen LogP contribution is 2.49. The predicted octanol–water partition coefficient (Wildman–Crippen LogP) is 4.86. The van der Waals surface area contributed by atoms with E-state index in [0.717, 1.165) is 62.4 Å². The summed E-state index contributed by atoms with van der Waals surface area (Å²) in [6, 6.07) is 2.06. The molecule has 1 N–H and O–H groups in total.